The number of thioether (sulfide) groups is 1. The summed E-state index contributed by atoms with van der Waals surface area (Å²) in [5, 5.41) is 22.7. The monoisotopic (exact) mass is 380 g/mol. The van der Waals surface area contributed by atoms with E-state index >= 15 is 0 Å². The van der Waals surface area contributed by atoms with Gasteiger partial charge in [0.25, 0.3) is 0 Å². The van der Waals surface area contributed by atoms with E-state index < -0.39 is 0 Å². The average molecular weight is 381 g/mol. The molecule has 0 bridgehead atoms. The Hall–Kier alpha value is -1.19. The number of nitrogens with zero attached hydrogens (tertiary/aromatic N) is 3. The summed E-state index contributed by atoms with van der Waals surface area (Å²) >= 11 is 3.07. The molecule has 1 aromatic heterocycles. The number of hydrogen-bond donors (Lipinski definition) is 2. The molecule has 136 valence electrons. The lowest BCUT2D eigenvalue weighted by molar-refractivity contribution is 0.0188. The molecule has 0 unspecified atom stereocenters. The van der Waals surface area contributed by atoms with E-state index in [-0.39, 0.29) is 6.10 Å². The van der Waals surface area contributed by atoms with Crippen LogP contribution in [0.15, 0.2) is 22.5 Å². The smallest absolute Gasteiger partial charge is 0.210 e. The maximum absolute atomic E-state index is 10.2. The number of rotatable bonds is 7. The number of aliphatic hydroxyl groups is 1. The first-order valence-corrected chi connectivity index (χ1v) is 10.2. The van der Waals surface area contributed by atoms with Crippen molar-refractivity contribution in [3.8, 4) is 0 Å². The molecule has 2 heterocycles. The molecule has 6 nitrogen and oxygen atoms in total. The molecule has 25 heavy (non-hydrogen) atoms. The Morgan fingerprint density at radius 1 is 1.32 bits per heavy atom. The third-order valence-electron chi connectivity index (χ3n) is 4.00. The highest BCUT2D eigenvalue weighted by atomic mass is 32.2. The quantitative estimate of drug-likeness (QED) is 0.716. The number of aromatic nitrogens is 2. The summed E-state index contributed by atoms with van der Waals surface area (Å²) in [5.41, 5.74) is 3.47. The zero-order chi connectivity index (χ0) is 17.6. The van der Waals surface area contributed by atoms with E-state index in [1.165, 1.54) is 22.5 Å². The third-order valence-corrected chi connectivity index (χ3v) is 6.12. The third kappa shape index (κ3) is 5.65. The molecule has 2 aromatic rings. The first-order chi connectivity index (χ1) is 12.1. The topological polar surface area (TPSA) is 70.5 Å². The Morgan fingerprint density at radius 3 is 2.88 bits per heavy atom. The number of β-amino-alcohol motifs (C(OH)–C–C–N with tert-alkyl or cyclic N) is 1. The largest absolute Gasteiger partial charge is 0.391 e. The molecule has 1 aromatic carbocycles. The van der Waals surface area contributed by atoms with Crippen molar-refractivity contribution in [1.82, 2.24) is 15.1 Å². The van der Waals surface area contributed by atoms with Gasteiger partial charge in [-0.25, -0.2) is 0 Å². The average Bonchev–Trinajstić information content (AvgIpc) is 3.04. The summed E-state index contributed by atoms with van der Waals surface area (Å²) in [7, 11) is 0. The van der Waals surface area contributed by atoms with Crippen molar-refractivity contribution < 1.29 is 9.84 Å². The maximum atomic E-state index is 10.2. The Kier molecular flexibility index (Phi) is 6.66. The molecule has 0 saturated carbocycles. The Morgan fingerprint density at radius 2 is 2.12 bits per heavy atom. The number of aryl methyl sites for hydroxylation is 2. The molecule has 0 radical (unpaired) electrons. The van der Waals surface area contributed by atoms with Crippen LogP contribution in [0.5, 0.6) is 0 Å². The minimum Gasteiger partial charge on any atom is -0.391 e. The van der Waals surface area contributed by atoms with Gasteiger partial charge in [-0.2, -0.15) is 0 Å². The van der Waals surface area contributed by atoms with Crippen LogP contribution in [0.25, 0.3) is 0 Å². The highest BCUT2D eigenvalue weighted by Crippen LogP contribution is 2.29. The molecular formula is C17H24N4O2S2. The van der Waals surface area contributed by atoms with Crippen molar-refractivity contribution in [3.63, 3.8) is 0 Å². The number of anilines is 2. The van der Waals surface area contributed by atoms with Crippen molar-refractivity contribution in [2.24, 2.45) is 0 Å². The Labute approximate surface area is 156 Å². The number of nitrogens with one attached hydrogen (secondary N) is 1. The number of benzene rings is 1. The van der Waals surface area contributed by atoms with Crippen LogP contribution in [0.4, 0.5) is 10.8 Å². The summed E-state index contributed by atoms with van der Waals surface area (Å²) in [6.07, 6.45) is -0.372. The van der Waals surface area contributed by atoms with Gasteiger partial charge in [0.1, 0.15) is 0 Å². The lowest BCUT2D eigenvalue weighted by atomic mass is 10.1. The second-order valence-corrected chi connectivity index (χ2v) is 8.44. The fourth-order valence-corrected chi connectivity index (χ4v) is 4.39. The van der Waals surface area contributed by atoms with Gasteiger partial charge in [0, 0.05) is 31.1 Å². The van der Waals surface area contributed by atoms with Crippen LogP contribution in [0.2, 0.25) is 0 Å². The SMILES string of the molecule is Cc1ccc(Nc2nnc(SC[C@H](O)CN3CCOCC3)s2)c(C)c1. The lowest BCUT2D eigenvalue weighted by Crippen LogP contribution is -2.41. The molecule has 1 saturated heterocycles. The number of hydrogen-bond acceptors (Lipinski definition) is 8. The molecule has 1 fully saturated rings. The highest BCUT2D eigenvalue weighted by Gasteiger charge is 2.16. The van der Waals surface area contributed by atoms with Crippen LogP contribution >= 0.6 is 23.1 Å². The van der Waals surface area contributed by atoms with Gasteiger partial charge in [-0.3, -0.25) is 4.90 Å². The molecule has 8 heteroatoms. The summed E-state index contributed by atoms with van der Waals surface area (Å²) in [6, 6.07) is 6.28. The van der Waals surface area contributed by atoms with Crippen molar-refractivity contribution in [2.45, 2.75) is 24.3 Å². The molecule has 0 aliphatic carbocycles. The van der Waals surface area contributed by atoms with Crippen LogP contribution in [0.3, 0.4) is 0 Å². The van der Waals surface area contributed by atoms with Crippen LogP contribution < -0.4 is 5.32 Å². The highest BCUT2D eigenvalue weighted by molar-refractivity contribution is 8.01. The van der Waals surface area contributed by atoms with E-state index in [0.29, 0.717) is 12.3 Å². The summed E-state index contributed by atoms with van der Waals surface area (Å²) in [4.78, 5) is 2.24. The summed E-state index contributed by atoms with van der Waals surface area (Å²) in [5.74, 6) is 0.621. The fourth-order valence-electron chi connectivity index (χ4n) is 2.69. The predicted molar refractivity (Wildman–Crippen MR) is 103 cm³/mol. The number of morpholine rings is 1. The predicted octanol–water partition coefficient (Wildman–Crippen LogP) is 2.68. The fraction of sp³-hybridized carbons (Fsp3) is 0.529. The standard InChI is InChI=1S/C17H24N4O2S2/c1-12-3-4-15(13(2)9-12)18-16-19-20-17(25-16)24-11-14(22)10-21-5-7-23-8-6-21/h3-4,9,14,22H,5-8,10-11H2,1-2H3,(H,18,19)/t14-/m1/s1. The zero-order valence-corrected chi connectivity index (χ0v) is 16.2. The van der Waals surface area contributed by atoms with E-state index in [4.69, 9.17) is 4.74 Å². The minimum atomic E-state index is -0.372. The summed E-state index contributed by atoms with van der Waals surface area (Å²) < 4.78 is 6.19. The Bertz CT molecular complexity index is 689. The van der Waals surface area contributed by atoms with E-state index in [9.17, 15) is 5.11 Å². The van der Waals surface area contributed by atoms with Gasteiger partial charge in [0.05, 0.1) is 19.3 Å². The molecule has 1 aliphatic rings. The van der Waals surface area contributed by atoms with Gasteiger partial charge in [-0.05, 0) is 25.5 Å². The summed E-state index contributed by atoms with van der Waals surface area (Å²) in [6.45, 7) is 8.14. The van der Waals surface area contributed by atoms with Gasteiger partial charge in [0.15, 0.2) is 4.34 Å². The molecular weight excluding hydrogens is 356 g/mol. The van der Waals surface area contributed by atoms with E-state index in [2.05, 4.69) is 52.5 Å². The van der Waals surface area contributed by atoms with Crippen LogP contribution in [0, 0.1) is 13.8 Å². The van der Waals surface area contributed by atoms with Crippen molar-refractivity contribution in [1.29, 1.82) is 0 Å². The first kappa shape index (κ1) is 18.6. The first-order valence-electron chi connectivity index (χ1n) is 8.39. The maximum Gasteiger partial charge on any atom is 0.210 e. The van der Waals surface area contributed by atoms with E-state index in [0.717, 1.165) is 41.5 Å². The van der Waals surface area contributed by atoms with E-state index in [1.54, 1.807) is 11.8 Å². The van der Waals surface area contributed by atoms with Gasteiger partial charge < -0.3 is 15.2 Å². The van der Waals surface area contributed by atoms with Crippen LogP contribution in [0.1, 0.15) is 11.1 Å². The molecule has 3 rings (SSSR count). The second-order valence-electron chi connectivity index (χ2n) is 6.19. The van der Waals surface area contributed by atoms with Gasteiger partial charge in [0.2, 0.25) is 5.13 Å². The normalized spacial score (nSPS) is 16.8. The van der Waals surface area contributed by atoms with Gasteiger partial charge in [-0.1, -0.05) is 40.8 Å². The zero-order valence-electron chi connectivity index (χ0n) is 14.6. The number of aliphatic hydroxyl groups excluding tert-OH is 1. The second kappa shape index (κ2) is 8.95. The van der Waals surface area contributed by atoms with Crippen LogP contribution in [-0.2, 0) is 4.74 Å². The number of ether oxygens (including phenoxy) is 1. The minimum absolute atomic E-state index is 0.372. The van der Waals surface area contributed by atoms with Gasteiger partial charge in [-0.15, -0.1) is 10.2 Å². The molecule has 1 atom stereocenters. The Balaban J connectivity index is 1.48. The lowest BCUT2D eigenvalue weighted by Gasteiger charge is -2.28. The molecule has 1 aliphatic heterocycles. The molecule has 0 amide bonds. The van der Waals surface area contributed by atoms with Gasteiger partial charge >= 0.3 is 0 Å². The van der Waals surface area contributed by atoms with Crippen molar-refractivity contribution >= 4 is 33.9 Å². The van der Waals surface area contributed by atoms with Crippen LogP contribution in [-0.4, -0.2) is 64.9 Å². The molecule has 2 N–H and O–H groups in total. The van der Waals surface area contributed by atoms with E-state index in [1.807, 2.05) is 0 Å². The molecule has 0 spiro atoms. The van der Waals surface area contributed by atoms with Crippen molar-refractivity contribution in [3.05, 3.63) is 29.3 Å². The van der Waals surface area contributed by atoms with Crippen molar-refractivity contribution in [2.75, 3.05) is 43.9 Å².